The van der Waals surface area contributed by atoms with Gasteiger partial charge in [0.2, 0.25) is 5.91 Å². The molecule has 0 saturated carbocycles. The van der Waals surface area contributed by atoms with E-state index >= 15 is 0 Å². The molecule has 2 amide bonds. The van der Waals surface area contributed by atoms with Crippen LogP contribution in [0.25, 0.3) is 0 Å². The Hall–Kier alpha value is -2.73. The molecule has 1 fully saturated rings. The van der Waals surface area contributed by atoms with Gasteiger partial charge in [-0.3, -0.25) is 14.5 Å². The van der Waals surface area contributed by atoms with Crippen molar-refractivity contribution in [1.82, 2.24) is 10.2 Å². The molecule has 28 heavy (non-hydrogen) atoms. The van der Waals surface area contributed by atoms with E-state index < -0.39 is 0 Å². The quantitative estimate of drug-likeness (QED) is 0.805. The molecular weight excluding hydrogens is 357 g/mol. The van der Waals surface area contributed by atoms with Gasteiger partial charge in [0.15, 0.2) is 0 Å². The highest BCUT2D eigenvalue weighted by atomic mass is 19.1. The van der Waals surface area contributed by atoms with Crippen LogP contribution in [0.1, 0.15) is 35.7 Å². The molecule has 6 heteroatoms. The summed E-state index contributed by atoms with van der Waals surface area (Å²) in [6.07, 6.45) is 2.54. The molecule has 5 nitrogen and oxygen atoms in total. The van der Waals surface area contributed by atoms with Gasteiger partial charge in [0.25, 0.3) is 5.91 Å². The molecule has 2 aromatic rings. The van der Waals surface area contributed by atoms with Gasteiger partial charge in [0, 0.05) is 30.4 Å². The van der Waals surface area contributed by atoms with Crippen molar-refractivity contribution in [3.8, 4) is 0 Å². The summed E-state index contributed by atoms with van der Waals surface area (Å²) in [6.45, 7) is 3.93. The Kier molecular flexibility index (Phi) is 6.76. The summed E-state index contributed by atoms with van der Waals surface area (Å²) in [7, 11) is 0. The number of nitrogens with zero attached hydrogens (tertiary/aromatic N) is 1. The summed E-state index contributed by atoms with van der Waals surface area (Å²) in [6, 6.07) is 13.5. The molecule has 3 rings (SSSR count). The Bertz CT molecular complexity index is 798. The van der Waals surface area contributed by atoms with Crippen LogP contribution in [0.2, 0.25) is 0 Å². The molecule has 1 aliphatic rings. The van der Waals surface area contributed by atoms with E-state index in [1.807, 2.05) is 24.3 Å². The first kappa shape index (κ1) is 20.0. The summed E-state index contributed by atoms with van der Waals surface area (Å²) in [5, 5.41) is 5.92. The van der Waals surface area contributed by atoms with E-state index in [4.69, 9.17) is 0 Å². The number of nitrogens with one attached hydrogen (secondary N) is 2. The zero-order chi connectivity index (χ0) is 19.9. The van der Waals surface area contributed by atoms with Crippen LogP contribution in [0.15, 0.2) is 48.5 Å². The van der Waals surface area contributed by atoms with E-state index in [0.29, 0.717) is 12.1 Å². The van der Waals surface area contributed by atoms with Gasteiger partial charge in [-0.15, -0.1) is 0 Å². The van der Waals surface area contributed by atoms with Crippen molar-refractivity contribution in [3.63, 3.8) is 0 Å². The monoisotopic (exact) mass is 383 g/mol. The summed E-state index contributed by atoms with van der Waals surface area (Å²) >= 11 is 0. The van der Waals surface area contributed by atoms with Crippen LogP contribution in [0.5, 0.6) is 0 Å². The Balaban J connectivity index is 1.41. The lowest BCUT2D eigenvalue weighted by molar-refractivity contribution is -0.117. The van der Waals surface area contributed by atoms with E-state index in [2.05, 4.69) is 22.5 Å². The van der Waals surface area contributed by atoms with Crippen molar-refractivity contribution in [1.29, 1.82) is 0 Å². The van der Waals surface area contributed by atoms with Crippen molar-refractivity contribution in [3.05, 3.63) is 65.5 Å². The van der Waals surface area contributed by atoms with Gasteiger partial charge in [0.05, 0.1) is 6.54 Å². The van der Waals surface area contributed by atoms with Gasteiger partial charge in [-0.2, -0.15) is 0 Å². The second-order valence-electron chi connectivity index (χ2n) is 7.13. The van der Waals surface area contributed by atoms with Crippen molar-refractivity contribution < 1.29 is 14.0 Å². The van der Waals surface area contributed by atoms with Crippen LogP contribution in [-0.4, -0.2) is 42.4 Å². The molecule has 1 aliphatic heterocycles. The summed E-state index contributed by atoms with van der Waals surface area (Å²) in [5.41, 5.74) is 2.50. The number of hydrogen-bond donors (Lipinski definition) is 2. The van der Waals surface area contributed by atoms with E-state index in [-0.39, 0.29) is 23.7 Å². The van der Waals surface area contributed by atoms with Crippen LogP contribution in [-0.2, 0) is 11.2 Å². The molecular formula is C22H26FN3O2. The maximum atomic E-state index is 13.0. The van der Waals surface area contributed by atoms with Crippen LogP contribution in [0, 0.1) is 5.82 Å². The largest absolute Gasteiger partial charge is 0.349 e. The Morgan fingerprint density at radius 3 is 2.29 bits per heavy atom. The third-order valence-corrected chi connectivity index (χ3v) is 5.04. The van der Waals surface area contributed by atoms with Crippen molar-refractivity contribution in [2.75, 3.05) is 25.0 Å². The second-order valence-corrected chi connectivity index (χ2v) is 7.13. The highest BCUT2D eigenvalue weighted by Gasteiger charge is 2.22. The molecule has 2 N–H and O–H groups in total. The minimum atomic E-state index is -0.357. The van der Waals surface area contributed by atoms with Crippen molar-refractivity contribution in [2.24, 2.45) is 0 Å². The molecule has 2 aromatic carbocycles. The Morgan fingerprint density at radius 2 is 1.68 bits per heavy atom. The van der Waals surface area contributed by atoms with Crippen LogP contribution < -0.4 is 10.6 Å². The number of amides is 2. The summed E-state index contributed by atoms with van der Waals surface area (Å²) in [5.74, 6) is -0.575. The van der Waals surface area contributed by atoms with Gasteiger partial charge < -0.3 is 10.6 Å². The van der Waals surface area contributed by atoms with E-state index in [0.717, 1.165) is 38.0 Å². The summed E-state index contributed by atoms with van der Waals surface area (Å²) < 4.78 is 13.0. The number of halogens is 1. The SMILES string of the molecule is CCc1ccc(NC(=O)CN2CCC(NC(=O)c3ccc(F)cc3)CC2)cc1. The van der Waals surface area contributed by atoms with E-state index in [1.54, 1.807) is 0 Å². The first-order chi connectivity index (χ1) is 13.5. The van der Waals surface area contributed by atoms with Gasteiger partial charge >= 0.3 is 0 Å². The number of likely N-dealkylation sites (tertiary alicyclic amines) is 1. The lowest BCUT2D eigenvalue weighted by Gasteiger charge is -2.31. The van der Waals surface area contributed by atoms with Crippen LogP contribution >= 0.6 is 0 Å². The molecule has 148 valence electrons. The zero-order valence-electron chi connectivity index (χ0n) is 16.1. The number of carbonyl (C=O) groups is 2. The maximum Gasteiger partial charge on any atom is 0.251 e. The average Bonchev–Trinajstić information content (AvgIpc) is 2.70. The number of rotatable bonds is 6. The van der Waals surface area contributed by atoms with E-state index in [1.165, 1.54) is 29.8 Å². The van der Waals surface area contributed by atoms with Gasteiger partial charge in [0.1, 0.15) is 5.82 Å². The highest BCUT2D eigenvalue weighted by Crippen LogP contribution is 2.13. The van der Waals surface area contributed by atoms with Gasteiger partial charge in [-0.05, 0) is 61.2 Å². The van der Waals surface area contributed by atoms with Crippen molar-refractivity contribution >= 4 is 17.5 Å². The second kappa shape index (κ2) is 9.46. The molecule has 1 heterocycles. The fourth-order valence-electron chi connectivity index (χ4n) is 3.33. The minimum Gasteiger partial charge on any atom is -0.349 e. The Labute approximate surface area is 164 Å². The molecule has 0 atom stereocenters. The molecule has 1 saturated heterocycles. The van der Waals surface area contributed by atoms with Crippen LogP contribution in [0.3, 0.4) is 0 Å². The van der Waals surface area contributed by atoms with Crippen LogP contribution in [0.4, 0.5) is 10.1 Å². The lowest BCUT2D eigenvalue weighted by atomic mass is 10.0. The number of piperidine rings is 1. The molecule has 0 spiro atoms. The standard InChI is InChI=1S/C22H26FN3O2/c1-2-16-3-9-19(10-4-16)24-21(27)15-26-13-11-20(12-14-26)25-22(28)17-5-7-18(23)8-6-17/h3-10,20H,2,11-15H2,1H3,(H,24,27)(H,25,28). The molecule has 0 unspecified atom stereocenters. The molecule has 0 aliphatic carbocycles. The van der Waals surface area contributed by atoms with E-state index in [9.17, 15) is 14.0 Å². The Morgan fingerprint density at radius 1 is 1.04 bits per heavy atom. The average molecular weight is 383 g/mol. The number of benzene rings is 2. The fourth-order valence-corrected chi connectivity index (χ4v) is 3.33. The van der Waals surface area contributed by atoms with Gasteiger partial charge in [-0.1, -0.05) is 19.1 Å². The lowest BCUT2D eigenvalue weighted by Crippen LogP contribution is -2.46. The molecule has 0 bridgehead atoms. The number of anilines is 1. The minimum absolute atomic E-state index is 0.0296. The number of hydrogen-bond acceptors (Lipinski definition) is 3. The molecule has 0 radical (unpaired) electrons. The summed E-state index contributed by atoms with van der Waals surface area (Å²) in [4.78, 5) is 26.6. The number of aryl methyl sites for hydroxylation is 1. The smallest absolute Gasteiger partial charge is 0.251 e. The fraction of sp³-hybridized carbons (Fsp3) is 0.364. The third kappa shape index (κ3) is 5.63. The highest BCUT2D eigenvalue weighted by molar-refractivity contribution is 5.94. The van der Waals surface area contributed by atoms with Crippen molar-refractivity contribution in [2.45, 2.75) is 32.2 Å². The normalized spacial score (nSPS) is 15.2. The predicted octanol–water partition coefficient (Wildman–Crippen LogP) is 3.22. The first-order valence-electron chi connectivity index (χ1n) is 9.71. The third-order valence-electron chi connectivity index (χ3n) is 5.04. The maximum absolute atomic E-state index is 13.0. The molecule has 0 aromatic heterocycles. The first-order valence-corrected chi connectivity index (χ1v) is 9.71. The zero-order valence-corrected chi connectivity index (χ0v) is 16.1. The number of carbonyl (C=O) groups excluding carboxylic acids is 2. The predicted molar refractivity (Wildman–Crippen MR) is 108 cm³/mol. The van der Waals surface area contributed by atoms with Gasteiger partial charge in [-0.25, -0.2) is 4.39 Å². The topological polar surface area (TPSA) is 61.4 Å².